The lowest BCUT2D eigenvalue weighted by Crippen LogP contribution is -2.42. The molecule has 0 aliphatic heterocycles. The van der Waals surface area contributed by atoms with Crippen LogP contribution in [0.25, 0.3) is 0 Å². The summed E-state index contributed by atoms with van der Waals surface area (Å²) in [6, 6.07) is 6.30. The highest BCUT2D eigenvalue weighted by Gasteiger charge is 2.20. The number of halogens is 1. The number of hydrogen-bond donors (Lipinski definition) is 2. The molecule has 138 valence electrons. The highest BCUT2D eigenvalue weighted by molar-refractivity contribution is 7.91. The van der Waals surface area contributed by atoms with E-state index in [-0.39, 0.29) is 40.6 Å². The van der Waals surface area contributed by atoms with Crippen molar-refractivity contribution < 1.29 is 18.0 Å². The van der Waals surface area contributed by atoms with Crippen molar-refractivity contribution in [2.45, 2.75) is 49.5 Å². The minimum Gasteiger partial charge on any atom is -0.352 e. The first-order valence-electron chi connectivity index (χ1n) is 8.42. The molecule has 8 heteroatoms. The maximum atomic E-state index is 12.2. The van der Waals surface area contributed by atoms with Crippen molar-refractivity contribution in [1.29, 1.82) is 0 Å². The van der Waals surface area contributed by atoms with E-state index in [0.29, 0.717) is 0 Å². The van der Waals surface area contributed by atoms with Gasteiger partial charge in [0.25, 0.3) is 0 Å². The van der Waals surface area contributed by atoms with Gasteiger partial charge in [0.1, 0.15) is 0 Å². The van der Waals surface area contributed by atoms with E-state index in [1.165, 1.54) is 18.6 Å². The number of sulfone groups is 1. The fraction of sp³-hybridized carbons (Fsp3) is 0.529. The molecule has 0 atom stereocenters. The van der Waals surface area contributed by atoms with E-state index in [4.69, 9.17) is 11.6 Å². The van der Waals surface area contributed by atoms with E-state index in [1.807, 2.05) is 0 Å². The number of rotatable bonds is 7. The zero-order valence-electron chi connectivity index (χ0n) is 14.0. The van der Waals surface area contributed by atoms with Crippen LogP contribution in [0.15, 0.2) is 29.2 Å². The number of benzene rings is 1. The van der Waals surface area contributed by atoms with Gasteiger partial charge >= 0.3 is 0 Å². The van der Waals surface area contributed by atoms with Crippen molar-refractivity contribution in [1.82, 2.24) is 10.6 Å². The van der Waals surface area contributed by atoms with Crippen LogP contribution in [0.2, 0.25) is 5.02 Å². The standard InChI is InChI=1S/C17H23ClN2O4S/c18-14-8-4-5-9-15(14)25(23,24)11-10-16(21)19-12-17(22)20-13-6-2-1-3-7-13/h4-5,8-9,13H,1-3,6-7,10-12H2,(H,19,21)(H,20,22). The Kier molecular flexibility index (Phi) is 7.25. The third kappa shape index (κ3) is 6.32. The van der Waals surface area contributed by atoms with E-state index in [2.05, 4.69) is 10.6 Å². The molecule has 1 aliphatic carbocycles. The van der Waals surface area contributed by atoms with Crippen LogP contribution in [0.1, 0.15) is 38.5 Å². The molecule has 1 aromatic carbocycles. The average molecular weight is 387 g/mol. The summed E-state index contributed by atoms with van der Waals surface area (Å²) < 4.78 is 24.4. The minimum atomic E-state index is -3.64. The van der Waals surface area contributed by atoms with Crippen LogP contribution < -0.4 is 10.6 Å². The monoisotopic (exact) mass is 386 g/mol. The second kappa shape index (κ2) is 9.20. The molecule has 1 saturated carbocycles. The van der Waals surface area contributed by atoms with E-state index in [9.17, 15) is 18.0 Å². The summed E-state index contributed by atoms with van der Waals surface area (Å²) in [5.74, 6) is -1.07. The van der Waals surface area contributed by atoms with E-state index in [1.54, 1.807) is 12.1 Å². The van der Waals surface area contributed by atoms with E-state index < -0.39 is 15.7 Å². The summed E-state index contributed by atoms with van der Waals surface area (Å²) in [6.45, 7) is -0.137. The van der Waals surface area contributed by atoms with Gasteiger partial charge in [0.05, 0.1) is 22.2 Å². The van der Waals surface area contributed by atoms with Gasteiger partial charge in [-0.2, -0.15) is 0 Å². The summed E-state index contributed by atoms with van der Waals surface area (Å²) in [6.07, 6.45) is 5.13. The molecular formula is C17H23ClN2O4S. The molecule has 0 aromatic heterocycles. The first kappa shape index (κ1) is 19.7. The van der Waals surface area contributed by atoms with E-state index in [0.717, 1.165) is 25.7 Å². The largest absolute Gasteiger partial charge is 0.352 e. The Bertz CT molecular complexity index is 715. The van der Waals surface area contributed by atoms with Gasteiger partial charge in [-0.25, -0.2) is 8.42 Å². The molecule has 0 unspecified atom stereocenters. The fourth-order valence-corrected chi connectivity index (χ4v) is 4.64. The Morgan fingerprint density at radius 3 is 2.44 bits per heavy atom. The normalized spacial score (nSPS) is 15.6. The summed E-state index contributed by atoms with van der Waals surface area (Å²) in [5.41, 5.74) is 0. The van der Waals surface area contributed by atoms with Crippen LogP contribution >= 0.6 is 11.6 Å². The highest BCUT2D eigenvalue weighted by Crippen LogP contribution is 2.22. The van der Waals surface area contributed by atoms with Crippen LogP contribution in [0, 0.1) is 0 Å². The molecule has 0 heterocycles. The summed E-state index contributed by atoms with van der Waals surface area (Å²) in [4.78, 5) is 23.6. The van der Waals surface area contributed by atoms with Gasteiger partial charge in [-0.3, -0.25) is 9.59 Å². The number of carbonyl (C=O) groups is 2. The first-order chi connectivity index (χ1) is 11.9. The van der Waals surface area contributed by atoms with Crippen LogP contribution in [0.5, 0.6) is 0 Å². The molecule has 0 radical (unpaired) electrons. The molecular weight excluding hydrogens is 364 g/mol. The Hall–Kier alpha value is -1.60. The number of amides is 2. The Balaban J connectivity index is 1.75. The van der Waals surface area contributed by atoms with Gasteiger partial charge in [-0.1, -0.05) is 43.0 Å². The van der Waals surface area contributed by atoms with Crippen LogP contribution in [0.3, 0.4) is 0 Å². The number of hydrogen-bond acceptors (Lipinski definition) is 4. The lowest BCUT2D eigenvalue weighted by molar-refractivity contribution is -0.126. The van der Waals surface area contributed by atoms with Crippen molar-refractivity contribution in [2.24, 2.45) is 0 Å². The highest BCUT2D eigenvalue weighted by atomic mass is 35.5. The van der Waals surface area contributed by atoms with Gasteiger partial charge < -0.3 is 10.6 Å². The molecule has 1 aliphatic rings. The fourth-order valence-electron chi connectivity index (χ4n) is 2.83. The lowest BCUT2D eigenvalue weighted by atomic mass is 9.95. The van der Waals surface area contributed by atoms with Crippen molar-refractivity contribution >= 4 is 33.3 Å². The van der Waals surface area contributed by atoms with Gasteiger partial charge in [0.2, 0.25) is 11.8 Å². The third-order valence-electron chi connectivity index (χ3n) is 4.19. The van der Waals surface area contributed by atoms with Crippen molar-refractivity contribution in [3.8, 4) is 0 Å². The molecule has 25 heavy (non-hydrogen) atoms. The number of carbonyl (C=O) groups excluding carboxylic acids is 2. The Morgan fingerprint density at radius 1 is 1.08 bits per heavy atom. The van der Waals surface area contributed by atoms with Gasteiger partial charge in [0.15, 0.2) is 9.84 Å². The summed E-state index contributed by atoms with van der Waals surface area (Å²) in [5, 5.41) is 5.49. The lowest BCUT2D eigenvalue weighted by Gasteiger charge is -2.22. The summed E-state index contributed by atoms with van der Waals surface area (Å²) >= 11 is 5.89. The predicted octanol–water partition coefficient (Wildman–Crippen LogP) is 2.07. The molecule has 1 aromatic rings. The van der Waals surface area contributed by atoms with E-state index >= 15 is 0 Å². The molecule has 0 saturated heterocycles. The molecule has 0 bridgehead atoms. The molecule has 1 fully saturated rings. The minimum absolute atomic E-state index is 0.0134. The maximum Gasteiger partial charge on any atom is 0.239 e. The van der Waals surface area contributed by atoms with Crippen molar-refractivity contribution in [3.63, 3.8) is 0 Å². The zero-order chi connectivity index (χ0) is 18.3. The van der Waals surface area contributed by atoms with Gasteiger partial charge in [-0.15, -0.1) is 0 Å². The quantitative estimate of drug-likeness (QED) is 0.750. The molecule has 6 nitrogen and oxygen atoms in total. The summed E-state index contributed by atoms with van der Waals surface area (Å²) in [7, 11) is -3.64. The Labute approximate surface area is 153 Å². The zero-order valence-corrected chi connectivity index (χ0v) is 15.5. The molecule has 0 spiro atoms. The number of nitrogens with one attached hydrogen (secondary N) is 2. The predicted molar refractivity (Wildman–Crippen MR) is 96.1 cm³/mol. The smallest absolute Gasteiger partial charge is 0.239 e. The molecule has 2 amide bonds. The topological polar surface area (TPSA) is 92.3 Å². The Morgan fingerprint density at radius 2 is 1.76 bits per heavy atom. The third-order valence-corrected chi connectivity index (χ3v) is 6.40. The SMILES string of the molecule is O=C(CCS(=O)(=O)c1ccccc1Cl)NCC(=O)NC1CCCCC1. The maximum absolute atomic E-state index is 12.2. The van der Waals surface area contributed by atoms with Crippen LogP contribution in [-0.4, -0.2) is 38.6 Å². The van der Waals surface area contributed by atoms with Crippen molar-refractivity contribution in [2.75, 3.05) is 12.3 Å². The average Bonchev–Trinajstić information content (AvgIpc) is 2.59. The van der Waals surface area contributed by atoms with Crippen LogP contribution in [-0.2, 0) is 19.4 Å². The molecule has 2 N–H and O–H groups in total. The second-order valence-electron chi connectivity index (χ2n) is 6.18. The first-order valence-corrected chi connectivity index (χ1v) is 10.4. The van der Waals surface area contributed by atoms with Crippen LogP contribution in [0.4, 0.5) is 0 Å². The van der Waals surface area contributed by atoms with Crippen molar-refractivity contribution in [3.05, 3.63) is 29.3 Å². The van der Waals surface area contributed by atoms with Gasteiger partial charge in [0, 0.05) is 12.5 Å². The second-order valence-corrected chi connectivity index (χ2v) is 8.66. The van der Waals surface area contributed by atoms with Gasteiger partial charge in [-0.05, 0) is 25.0 Å². The molecule has 2 rings (SSSR count).